The minimum atomic E-state index is -0.519. The smallest absolute Gasteiger partial charge is 0.326 e. The van der Waals surface area contributed by atoms with Crippen molar-refractivity contribution in [2.24, 2.45) is 0 Å². The molecule has 0 aromatic carbocycles. The fourth-order valence-electron chi connectivity index (χ4n) is 3.34. The Morgan fingerprint density at radius 2 is 2.14 bits per heavy atom. The second kappa shape index (κ2) is 8.71. The van der Waals surface area contributed by atoms with Crippen molar-refractivity contribution in [2.45, 2.75) is 64.6 Å². The maximum absolute atomic E-state index is 12.4. The van der Waals surface area contributed by atoms with Crippen molar-refractivity contribution in [3.05, 3.63) is 0 Å². The number of hydrogen-bond donors (Lipinski definition) is 1. The van der Waals surface area contributed by atoms with E-state index >= 15 is 0 Å². The lowest BCUT2D eigenvalue weighted by Gasteiger charge is -2.32. The number of esters is 1. The van der Waals surface area contributed by atoms with Crippen molar-refractivity contribution >= 4 is 5.97 Å². The SMILES string of the molecule is CCOC(=O)C1(NC(C)C)CCC(N(CC)CCOC)C1. The molecular weight excluding hydrogens is 268 g/mol. The minimum absolute atomic E-state index is 0.0935. The summed E-state index contributed by atoms with van der Waals surface area (Å²) in [5.41, 5.74) is -0.519. The summed E-state index contributed by atoms with van der Waals surface area (Å²) in [6.07, 6.45) is 2.69. The van der Waals surface area contributed by atoms with Gasteiger partial charge in [-0.2, -0.15) is 0 Å². The molecule has 0 amide bonds. The highest BCUT2D eigenvalue weighted by atomic mass is 16.5. The molecule has 1 rings (SSSR count). The van der Waals surface area contributed by atoms with Crippen LogP contribution in [0.2, 0.25) is 0 Å². The average molecular weight is 300 g/mol. The maximum Gasteiger partial charge on any atom is 0.326 e. The van der Waals surface area contributed by atoms with Gasteiger partial charge in [0.2, 0.25) is 0 Å². The van der Waals surface area contributed by atoms with Gasteiger partial charge in [-0.05, 0) is 46.6 Å². The van der Waals surface area contributed by atoms with Crippen molar-refractivity contribution in [2.75, 3.05) is 33.4 Å². The van der Waals surface area contributed by atoms with Crippen LogP contribution >= 0.6 is 0 Å². The molecule has 2 atom stereocenters. The predicted octanol–water partition coefficient (Wildman–Crippen LogP) is 1.81. The van der Waals surface area contributed by atoms with Crippen LogP contribution in [-0.2, 0) is 14.3 Å². The van der Waals surface area contributed by atoms with Crippen LogP contribution in [0.25, 0.3) is 0 Å². The Bertz CT molecular complexity index is 323. The van der Waals surface area contributed by atoms with Gasteiger partial charge in [0, 0.05) is 25.7 Å². The predicted molar refractivity (Wildman–Crippen MR) is 84.4 cm³/mol. The minimum Gasteiger partial charge on any atom is -0.465 e. The van der Waals surface area contributed by atoms with Gasteiger partial charge in [0.15, 0.2) is 0 Å². The summed E-state index contributed by atoms with van der Waals surface area (Å²) in [6.45, 7) is 11.3. The van der Waals surface area contributed by atoms with Gasteiger partial charge in [0.1, 0.15) is 5.54 Å². The molecule has 1 fully saturated rings. The third-order valence-electron chi connectivity index (χ3n) is 4.22. The van der Waals surface area contributed by atoms with E-state index < -0.39 is 5.54 Å². The summed E-state index contributed by atoms with van der Waals surface area (Å²) in [5.74, 6) is -0.0935. The van der Waals surface area contributed by atoms with E-state index in [9.17, 15) is 4.79 Å². The van der Waals surface area contributed by atoms with Gasteiger partial charge < -0.3 is 9.47 Å². The molecule has 0 radical (unpaired) electrons. The molecule has 1 N–H and O–H groups in total. The summed E-state index contributed by atoms with van der Waals surface area (Å²) >= 11 is 0. The molecule has 0 aliphatic heterocycles. The van der Waals surface area contributed by atoms with Gasteiger partial charge in [-0.25, -0.2) is 0 Å². The Kier molecular flexibility index (Phi) is 7.63. The Labute approximate surface area is 129 Å². The van der Waals surface area contributed by atoms with Crippen LogP contribution < -0.4 is 5.32 Å². The van der Waals surface area contributed by atoms with E-state index in [0.29, 0.717) is 12.6 Å². The zero-order valence-corrected chi connectivity index (χ0v) is 14.3. The first-order valence-electron chi connectivity index (χ1n) is 8.17. The number of nitrogens with zero attached hydrogens (tertiary/aromatic N) is 1. The molecule has 0 spiro atoms. The van der Waals surface area contributed by atoms with Gasteiger partial charge in [0.05, 0.1) is 13.2 Å². The standard InChI is InChI=1S/C16H32N2O3/c1-6-18(10-11-20-5)14-8-9-16(12-14,17-13(3)4)15(19)21-7-2/h13-14,17H,6-12H2,1-5H3. The second-order valence-electron chi connectivity index (χ2n) is 6.12. The van der Waals surface area contributed by atoms with E-state index in [4.69, 9.17) is 9.47 Å². The van der Waals surface area contributed by atoms with Gasteiger partial charge in [-0.15, -0.1) is 0 Å². The monoisotopic (exact) mass is 300 g/mol. The molecule has 0 aromatic rings. The zero-order valence-electron chi connectivity index (χ0n) is 14.3. The molecule has 0 saturated heterocycles. The molecule has 124 valence electrons. The summed E-state index contributed by atoms with van der Waals surface area (Å²) in [4.78, 5) is 14.9. The molecule has 2 unspecified atom stereocenters. The van der Waals surface area contributed by atoms with Gasteiger partial charge in [-0.3, -0.25) is 15.0 Å². The number of rotatable bonds is 9. The number of hydrogen-bond acceptors (Lipinski definition) is 5. The number of nitrogens with one attached hydrogen (secondary N) is 1. The highest BCUT2D eigenvalue weighted by Gasteiger charge is 2.47. The van der Waals surface area contributed by atoms with E-state index in [0.717, 1.165) is 39.0 Å². The Morgan fingerprint density at radius 3 is 2.67 bits per heavy atom. The van der Waals surface area contributed by atoms with Crippen molar-refractivity contribution < 1.29 is 14.3 Å². The van der Waals surface area contributed by atoms with E-state index in [1.165, 1.54) is 0 Å². The molecule has 1 aliphatic carbocycles. The fourth-order valence-corrected chi connectivity index (χ4v) is 3.34. The van der Waals surface area contributed by atoms with E-state index in [1.54, 1.807) is 7.11 Å². The molecule has 5 heteroatoms. The number of carbonyl (C=O) groups excluding carboxylic acids is 1. The van der Waals surface area contributed by atoms with Gasteiger partial charge >= 0.3 is 5.97 Å². The summed E-state index contributed by atoms with van der Waals surface area (Å²) in [7, 11) is 1.73. The van der Waals surface area contributed by atoms with Crippen LogP contribution in [0, 0.1) is 0 Å². The lowest BCUT2D eigenvalue weighted by Crippen LogP contribution is -2.54. The highest BCUT2D eigenvalue weighted by molar-refractivity contribution is 5.81. The van der Waals surface area contributed by atoms with Crippen molar-refractivity contribution in [1.29, 1.82) is 0 Å². The molecule has 0 bridgehead atoms. The first-order chi connectivity index (χ1) is 9.99. The number of ether oxygens (including phenoxy) is 2. The van der Waals surface area contributed by atoms with Crippen LogP contribution in [0.4, 0.5) is 0 Å². The molecule has 21 heavy (non-hydrogen) atoms. The Hall–Kier alpha value is -0.650. The summed E-state index contributed by atoms with van der Waals surface area (Å²) in [6, 6.07) is 0.683. The average Bonchev–Trinajstić information content (AvgIpc) is 2.84. The van der Waals surface area contributed by atoms with Crippen molar-refractivity contribution in [3.63, 3.8) is 0 Å². The highest BCUT2D eigenvalue weighted by Crippen LogP contribution is 2.34. The second-order valence-corrected chi connectivity index (χ2v) is 6.12. The molecule has 0 heterocycles. The lowest BCUT2D eigenvalue weighted by atomic mass is 9.96. The number of likely N-dealkylation sites (N-methyl/N-ethyl adjacent to an activating group) is 1. The topological polar surface area (TPSA) is 50.8 Å². The van der Waals surface area contributed by atoms with Crippen molar-refractivity contribution in [3.8, 4) is 0 Å². The van der Waals surface area contributed by atoms with Crippen LogP contribution in [0.15, 0.2) is 0 Å². The Balaban J connectivity index is 2.76. The van der Waals surface area contributed by atoms with Crippen LogP contribution in [0.1, 0.15) is 47.0 Å². The number of methoxy groups -OCH3 is 1. The fraction of sp³-hybridized carbons (Fsp3) is 0.938. The van der Waals surface area contributed by atoms with E-state index in [1.807, 2.05) is 6.92 Å². The Morgan fingerprint density at radius 1 is 1.43 bits per heavy atom. The maximum atomic E-state index is 12.4. The van der Waals surface area contributed by atoms with Crippen LogP contribution in [0.3, 0.4) is 0 Å². The molecule has 1 saturated carbocycles. The van der Waals surface area contributed by atoms with Crippen molar-refractivity contribution in [1.82, 2.24) is 10.2 Å². The third-order valence-corrected chi connectivity index (χ3v) is 4.22. The first kappa shape index (κ1) is 18.4. The van der Waals surface area contributed by atoms with Crippen LogP contribution in [-0.4, -0.2) is 61.9 Å². The first-order valence-corrected chi connectivity index (χ1v) is 8.17. The van der Waals surface area contributed by atoms with E-state index in [2.05, 4.69) is 31.0 Å². The quantitative estimate of drug-likeness (QED) is 0.658. The lowest BCUT2D eigenvalue weighted by molar-refractivity contribution is -0.151. The molecule has 5 nitrogen and oxygen atoms in total. The van der Waals surface area contributed by atoms with Crippen LogP contribution in [0.5, 0.6) is 0 Å². The summed E-state index contributed by atoms with van der Waals surface area (Å²) < 4.78 is 10.5. The molecule has 1 aliphatic rings. The molecular formula is C16H32N2O3. The largest absolute Gasteiger partial charge is 0.465 e. The number of carbonyl (C=O) groups is 1. The normalized spacial score (nSPS) is 25.8. The summed E-state index contributed by atoms with van der Waals surface area (Å²) in [5, 5.41) is 3.47. The van der Waals surface area contributed by atoms with Gasteiger partial charge in [0.25, 0.3) is 0 Å². The van der Waals surface area contributed by atoms with E-state index in [-0.39, 0.29) is 12.0 Å². The molecule has 0 aromatic heterocycles. The van der Waals surface area contributed by atoms with Gasteiger partial charge in [-0.1, -0.05) is 6.92 Å². The third kappa shape index (κ3) is 4.94. The zero-order chi connectivity index (χ0) is 15.9.